The van der Waals surface area contributed by atoms with Gasteiger partial charge in [-0.2, -0.15) is 0 Å². The average molecular weight is 362 g/mol. The predicted octanol–water partition coefficient (Wildman–Crippen LogP) is 2.28. The number of hydrogen-bond donors (Lipinski definition) is 2. The summed E-state index contributed by atoms with van der Waals surface area (Å²) in [7, 11) is 0. The van der Waals surface area contributed by atoms with Gasteiger partial charge >= 0.3 is 5.97 Å². The largest absolute Gasteiger partial charge is 0.480 e. The fourth-order valence-electron chi connectivity index (χ4n) is 3.60. The summed E-state index contributed by atoms with van der Waals surface area (Å²) in [6.07, 6.45) is 4.60. The second-order valence-electron chi connectivity index (χ2n) is 6.69. The van der Waals surface area contributed by atoms with E-state index in [1.165, 1.54) is 0 Å². The molecule has 2 amide bonds. The van der Waals surface area contributed by atoms with Crippen molar-refractivity contribution in [2.75, 3.05) is 17.7 Å². The first kappa shape index (κ1) is 17.8. The van der Waals surface area contributed by atoms with Gasteiger partial charge in [-0.25, -0.2) is 4.79 Å². The van der Waals surface area contributed by atoms with Gasteiger partial charge < -0.3 is 15.3 Å². The van der Waals surface area contributed by atoms with Crippen LogP contribution in [0.2, 0.25) is 0 Å². The zero-order chi connectivity index (χ0) is 18.0. The van der Waals surface area contributed by atoms with Gasteiger partial charge in [0.25, 0.3) is 0 Å². The number of amides is 2. The lowest BCUT2D eigenvalue weighted by molar-refractivity contribution is -0.148. The molecule has 6 nitrogen and oxygen atoms in total. The van der Waals surface area contributed by atoms with Gasteiger partial charge in [0.2, 0.25) is 11.8 Å². The molecular formula is C18H22N2O4S. The van der Waals surface area contributed by atoms with E-state index in [0.29, 0.717) is 19.4 Å². The van der Waals surface area contributed by atoms with Crippen LogP contribution in [0.4, 0.5) is 5.69 Å². The third-order valence-electron chi connectivity index (χ3n) is 5.11. The summed E-state index contributed by atoms with van der Waals surface area (Å²) in [5, 5.41) is 12.2. The Hall–Kier alpha value is -2.02. The molecule has 1 heterocycles. The van der Waals surface area contributed by atoms with Crippen LogP contribution in [0, 0.1) is 5.92 Å². The highest BCUT2D eigenvalue weighted by molar-refractivity contribution is 7.98. The minimum absolute atomic E-state index is 0.104. The third kappa shape index (κ3) is 3.51. The lowest BCUT2D eigenvalue weighted by Gasteiger charge is -2.27. The second kappa shape index (κ2) is 7.07. The van der Waals surface area contributed by atoms with Gasteiger partial charge in [-0.15, -0.1) is 11.8 Å². The standard InChI is InChI=1S/C18H22N2O4S/c1-25-14-6-4-13(5-7-14)20-11-12(10-15(20)21)16(22)19-18(17(23)24)8-2-3-9-18/h4-7,12H,2-3,8-11H2,1H3,(H,19,22)(H,23,24). The van der Waals surface area contributed by atoms with Crippen molar-refractivity contribution in [3.8, 4) is 0 Å². The molecule has 1 aromatic carbocycles. The van der Waals surface area contributed by atoms with Crippen LogP contribution in [0.3, 0.4) is 0 Å². The van der Waals surface area contributed by atoms with E-state index in [4.69, 9.17) is 0 Å². The first-order chi connectivity index (χ1) is 11.9. The SMILES string of the molecule is CSc1ccc(N2CC(C(=O)NC3(C(=O)O)CCCC3)CC2=O)cc1. The second-order valence-corrected chi connectivity index (χ2v) is 7.57. The highest BCUT2D eigenvalue weighted by Gasteiger charge is 2.45. The Bertz CT molecular complexity index is 683. The number of benzene rings is 1. The van der Waals surface area contributed by atoms with E-state index in [1.807, 2.05) is 30.5 Å². The minimum atomic E-state index is -1.16. The van der Waals surface area contributed by atoms with E-state index >= 15 is 0 Å². The molecule has 1 atom stereocenters. The Morgan fingerprint density at radius 1 is 1.24 bits per heavy atom. The number of nitrogens with one attached hydrogen (secondary N) is 1. The number of nitrogens with zero attached hydrogens (tertiary/aromatic N) is 1. The number of carbonyl (C=O) groups is 3. The lowest BCUT2D eigenvalue weighted by atomic mass is 9.96. The first-order valence-corrected chi connectivity index (χ1v) is 9.67. The fraction of sp³-hybridized carbons (Fsp3) is 0.500. The first-order valence-electron chi connectivity index (χ1n) is 8.45. The molecule has 1 aliphatic carbocycles. The Kier molecular flexibility index (Phi) is 5.03. The molecule has 1 saturated carbocycles. The molecule has 1 aromatic rings. The number of anilines is 1. The quantitative estimate of drug-likeness (QED) is 0.785. The van der Waals surface area contributed by atoms with Crippen LogP contribution in [-0.2, 0) is 14.4 Å². The smallest absolute Gasteiger partial charge is 0.329 e. The van der Waals surface area contributed by atoms with Crippen molar-refractivity contribution in [3.05, 3.63) is 24.3 Å². The third-order valence-corrected chi connectivity index (χ3v) is 5.85. The number of aliphatic carboxylic acids is 1. The van der Waals surface area contributed by atoms with Crippen molar-refractivity contribution in [1.82, 2.24) is 5.32 Å². The van der Waals surface area contributed by atoms with Crippen molar-refractivity contribution < 1.29 is 19.5 Å². The molecule has 2 aliphatic rings. The highest BCUT2D eigenvalue weighted by atomic mass is 32.2. The predicted molar refractivity (Wildman–Crippen MR) is 95.7 cm³/mol. The maximum Gasteiger partial charge on any atom is 0.329 e. The number of carboxylic acids is 1. The van der Waals surface area contributed by atoms with Crippen LogP contribution in [0.1, 0.15) is 32.1 Å². The normalized spacial score (nSPS) is 22.2. The molecule has 0 aromatic heterocycles. The molecule has 25 heavy (non-hydrogen) atoms. The number of hydrogen-bond acceptors (Lipinski definition) is 4. The Morgan fingerprint density at radius 2 is 1.88 bits per heavy atom. The summed E-state index contributed by atoms with van der Waals surface area (Å²) in [4.78, 5) is 39.2. The molecule has 1 saturated heterocycles. The van der Waals surface area contributed by atoms with Crippen molar-refractivity contribution in [1.29, 1.82) is 0 Å². The molecule has 0 spiro atoms. The van der Waals surface area contributed by atoms with E-state index < -0.39 is 17.4 Å². The molecule has 0 bridgehead atoms. The Morgan fingerprint density at radius 3 is 2.44 bits per heavy atom. The molecule has 134 valence electrons. The van der Waals surface area contributed by atoms with Gasteiger partial charge in [0.1, 0.15) is 5.54 Å². The zero-order valence-electron chi connectivity index (χ0n) is 14.2. The van der Waals surface area contributed by atoms with Crippen LogP contribution >= 0.6 is 11.8 Å². The van der Waals surface area contributed by atoms with E-state index in [1.54, 1.807) is 16.7 Å². The fourth-order valence-corrected chi connectivity index (χ4v) is 4.01. The Labute approximate surface area is 151 Å². The molecule has 0 radical (unpaired) electrons. The van der Waals surface area contributed by atoms with Gasteiger partial charge in [-0.3, -0.25) is 9.59 Å². The number of carboxylic acid groups (broad SMARTS) is 1. The van der Waals surface area contributed by atoms with Crippen molar-refractivity contribution in [3.63, 3.8) is 0 Å². The van der Waals surface area contributed by atoms with Crippen molar-refractivity contribution in [2.45, 2.75) is 42.5 Å². The molecule has 3 rings (SSSR count). The molecule has 1 unspecified atom stereocenters. The van der Waals surface area contributed by atoms with E-state index in [9.17, 15) is 19.5 Å². The van der Waals surface area contributed by atoms with Gasteiger partial charge in [0, 0.05) is 23.5 Å². The van der Waals surface area contributed by atoms with Crippen LogP contribution in [0.25, 0.3) is 0 Å². The molecule has 7 heteroatoms. The van der Waals surface area contributed by atoms with E-state index in [2.05, 4.69) is 5.32 Å². The monoisotopic (exact) mass is 362 g/mol. The summed E-state index contributed by atoms with van der Waals surface area (Å²) in [6.45, 7) is 0.291. The topological polar surface area (TPSA) is 86.7 Å². The summed E-state index contributed by atoms with van der Waals surface area (Å²) in [5.74, 6) is -1.93. The summed E-state index contributed by atoms with van der Waals surface area (Å²) >= 11 is 1.62. The lowest BCUT2D eigenvalue weighted by Crippen LogP contribution is -2.54. The molecule has 1 aliphatic heterocycles. The van der Waals surface area contributed by atoms with E-state index in [-0.39, 0.29) is 18.2 Å². The maximum absolute atomic E-state index is 12.6. The van der Waals surface area contributed by atoms with Gasteiger partial charge in [-0.05, 0) is 43.4 Å². The Balaban J connectivity index is 1.69. The van der Waals surface area contributed by atoms with Crippen molar-refractivity contribution >= 4 is 35.2 Å². The van der Waals surface area contributed by atoms with Gasteiger partial charge in [0.15, 0.2) is 0 Å². The molecule has 2 N–H and O–H groups in total. The van der Waals surface area contributed by atoms with E-state index in [0.717, 1.165) is 23.4 Å². The van der Waals surface area contributed by atoms with Crippen LogP contribution in [-0.4, -0.2) is 41.2 Å². The van der Waals surface area contributed by atoms with Crippen LogP contribution in [0.5, 0.6) is 0 Å². The van der Waals surface area contributed by atoms with Gasteiger partial charge in [-0.1, -0.05) is 12.8 Å². The zero-order valence-corrected chi connectivity index (χ0v) is 15.0. The summed E-state index contributed by atoms with van der Waals surface area (Å²) < 4.78 is 0. The molecule has 2 fully saturated rings. The summed E-state index contributed by atoms with van der Waals surface area (Å²) in [6, 6.07) is 7.64. The molecular weight excluding hydrogens is 340 g/mol. The van der Waals surface area contributed by atoms with Crippen molar-refractivity contribution in [2.24, 2.45) is 5.92 Å². The average Bonchev–Trinajstić information content (AvgIpc) is 3.22. The highest BCUT2D eigenvalue weighted by Crippen LogP contribution is 2.32. The number of rotatable bonds is 5. The summed E-state index contributed by atoms with van der Waals surface area (Å²) in [5.41, 5.74) is -0.389. The van der Waals surface area contributed by atoms with Crippen LogP contribution < -0.4 is 10.2 Å². The van der Waals surface area contributed by atoms with Gasteiger partial charge in [0.05, 0.1) is 5.92 Å². The minimum Gasteiger partial charge on any atom is -0.480 e. The number of thioether (sulfide) groups is 1. The van der Waals surface area contributed by atoms with Crippen LogP contribution in [0.15, 0.2) is 29.2 Å². The maximum atomic E-state index is 12.6. The number of carbonyl (C=O) groups excluding carboxylic acids is 2.